The summed E-state index contributed by atoms with van der Waals surface area (Å²) in [6.45, 7) is 5.63. The molecule has 0 aliphatic heterocycles. The summed E-state index contributed by atoms with van der Waals surface area (Å²) >= 11 is 0. The van der Waals surface area contributed by atoms with Crippen molar-refractivity contribution < 1.29 is 21.9 Å². The highest BCUT2D eigenvalue weighted by molar-refractivity contribution is 6.18. The Labute approximate surface area is 116 Å². The molecule has 0 radical (unpaired) electrons. The molecule has 1 rings (SSSR count). The van der Waals surface area contributed by atoms with Crippen molar-refractivity contribution >= 4 is 11.6 Å². The SMILES string of the molecule is CCNNCCOCCOCCC1C(=O)C=CC1=O.[HH].[HH]. The zero-order valence-corrected chi connectivity index (χ0v) is 11.3. The molecule has 0 unspecified atom stereocenters. The largest absolute Gasteiger partial charge is 0.379 e. The second kappa shape index (κ2) is 9.80. The summed E-state index contributed by atoms with van der Waals surface area (Å²) in [5.41, 5.74) is 5.95. The summed E-state index contributed by atoms with van der Waals surface area (Å²) in [4.78, 5) is 22.6. The van der Waals surface area contributed by atoms with Crippen LogP contribution in [-0.2, 0) is 19.1 Å². The predicted octanol–water partition coefficient (Wildman–Crippen LogP) is 0.340. The van der Waals surface area contributed by atoms with E-state index in [1.54, 1.807) is 0 Å². The van der Waals surface area contributed by atoms with Crippen LogP contribution in [0.15, 0.2) is 12.2 Å². The first-order valence-corrected chi connectivity index (χ1v) is 6.62. The summed E-state index contributed by atoms with van der Waals surface area (Å²) in [6, 6.07) is 0. The Morgan fingerprint density at radius 1 is 1.05 bits per heavy atom. The van der Waals surface area contributed by atoms with E-state index in [0.717, 1.165) is 13.1 Å². The second-order valence-corrected chi connectivity index (χ2v) is 4.16. The minimum atomic E-state index is -0.523. The van der Waals surface area contributed by atoms with Crippen LogP contribution < -0.4 is 10.9 Å². The number of hydrogen-bond acceptors (Lipinski definition) is 6. The van der Waals surface area contributed by atoms with Crippen LogP contribution in [0.4, 0.5) is 0 Å². The topological polar surface area (TPSA) is 76.7 Å². The Morgan fingerprint density at radius 2 is 1.68 bits per heavy atom. The summed E-state index contributed by atoms with van der Waals surface area (Å²) in [5.74, 6) is -0.746. The van der Waals surface area contributed by atoms with Gasteiger partial charge in [0.05, 0.1) is 25.7 Å². The van der Waals surface area contributed by atoms with E-state index in [-0.39, 0.29) is 14.4 Å². The van der Waals surface area contributed by atoms with Gasteiger partial charge in [-0.1, -0.05) is 6.92 Å². The van der Waals surface area contributed by atoms with Gasteiger partial charge in [-0.25, -0.2) is 0 Å². The van der Waals surface area contributed by atoms with Crippen LogP contribution in [0.1, 0.15) is 16.2 Å². The number of nitrogens with one attached hydrogen (secondary N) is 2. The zero-order valence-electron chi connectivity index (χ0n) is 11.3. The fraction of sp³-hybridized carbons (Fsp3) is 0.692. The summed E-state index contributed by atoms with van der Waals surface area (Å²) in [7, 11) is 0. The third-order valence-corrected chi connectivity index (χ3v) is 2.69. The summed E-state index contributed by atoms with van der Waals surface area (Å²) in [5, 5.41) is 0. The molecule has 2 N–H and O–H groups in total. The Morgan fingerprint density at radius 3 is 2.32 bits per heavy atom. The second-order valence-electron chi connectivity index (χ2n) is 4.16. The Balaban J connectivity index is 0. The van der Waals surface area contributed by atoms with Crippen LogP contribution >= 0.6 is 0 Å². The molecule has 1 aliphatic rings. The van der Waals surface area contributed by atoms with Crippen molar-refractivity contribution in [2.75, 3.05) is 39.5 Å². The maximum Gasteiger partial charge on any atom is 0.166 e. The van der Waals surface area contributed by atoms with Crippen molar-refractivity contribution in [1.82, 2.24) is 10.9 Å². The highest BCUT2D eigenvalue weighted by Gasteiger charge is 2.27. The van der Waals surface area contributed by atoms with Gasteiger partial charge in [-0.3, -0.25) is 20.4 Å². The molecule has 0 atom stereocenters. The molecule has 6 heteroatoms. The lowest BCUT2D eigenvalue weighted by atomic mass is 10.0. The number of rotatable bonds is 11. The lowest BCUT2D eigenvalue weighted by molar-refractivity contribution is -0.126. The molecule has 0 aromatic rings. The average Bonchev–Trinajstić information content (AvgIpc) is 2.72. The number of carbonyl (C=O) groups excluding carboxylic acids is 2. The number of carbonyl (C=O) groups is 2. The van der Waals surface area contributed by atoms with Gasteiger partial charge < -0.3 is 9.47 Å². The quantitative estimate of drug-likeness (QED) is 0.321. The molecule has 0 heterocycles. The smallest absolute Gasteiger partial charge is 0.166 e. The highest BCUT2D eigenvalue weighted by atomic mass is 16.5. The molecule has 6 nitrogen and oxygen atoms in total. The van der Waals surface area contributed by atoms with Gasteiger partial charge in [0.15, 0.2) is 11.6 Å². The van der Waals surface area contributed by atoms with E-state index in [2.05, 4.69) is 10.9 Å². The van der Waals surface area contributed by atoms with Crippen LogP contribution in [0.5, 0.6) is 0 Å². The summed E-state index contributed by atoms with van der Waals surface area (Å²) < 4.78 is 10.6. The number of allylic oxidation sites excluding steroid dienone is 2. The van der Waals surface area contributed by atoms with Crippen LogP contribution in [0, 0.1) is 5.92 Å². The molecule has 0 aromatic heterocycles. The number of ether oxygens (including phenoxy) is 2. The molecule has 0 saturated heterocycles. The van der Waals surface area contributed by atoms with Crippen LogP contribution in [0.3, 0.4) is 0 Å². The van der Waals surface area contributed by atoms with E-state index in [1.807, 2.05) is 6.92 Å². The minimum absolute atomic E-state index is 0. The van der Waals surface area contributed by atoms with Gasteiger partial charge in [-0.05, 0) is 18.6 Å². The molecule has 0 aromatic carbocycles. The molecule has 0 saturated carbocycles. The Hall–Kier alpha value is -1.08. The highest BCUT2D eigenvalue weighted by Crippen LogP contribution is 2.14. The van der Waals surface area contributed by atoms with E-state index in [4.69, 9.17) is 9.47 Å². The standard InChI is InChI=1S/C13H22N2O4.2H2/c1-2-14-15-6-8-19-10-9-18-7-5-11-12(16)3-4-13(11)17;;/h3-4,11,14-15H,2,5-10H2,1H3;2*1H. The van der Waals surface area contributed by atoms with Gasteiger partial charge in [-0.15, -0.1) is 0 Å². The van der Waals surface area contributed by atoms with Crippen molar-refractivity contribution in [2.45, 2.75) is 13.3 Å². The molecule has 19 heavy (non-hydrogen) atoms. The number of hydrazine groups is 1. The third kappa shape index (κ3) is 6.58. The number of hydrogen-bond donors (Lipinski definition) is 2. The van der Waals surface area contributed by atoms with Crippen molar-refractivity contribution in [2.24, 2.45) is 5.92 Å². The molecule has 0 fully saturated rings. The van der Waals surface area contributed by atoms with Gasteiger partial charge in [-0.2, -0.15) is 0 Å². The number of ketones is 2. The van der Waals surface area contributed by atoms with E-state index in [0.29, 0.717) is 32.8 Å². The van der Waals surface area contributed by atoms with E-state index >= 15 is 0 Å². The molecule has 1 aliphatic carbocycles. The third-order valence-electron chi connectivity index (χ3n) is 2.69. The zero-order chi connectivity index (χ0) is 13.9. The lowest BCUT2D eigenvalue weighted by Gasteiger charge is -2.08. The van der Waals surface area contributed by atoms with Gasteiger partial charge in [0.25, 0.3) is 0 Å². The molecular weight excluding hydrogens is 248 g/mol. The van der Waals surface area contributed by atoms with Crippen molar-refractivity contribution in [3.63, 3.8) is 0 Å². The fourth-order valence-corrected chi connectivity index (χ4v) is 1.68. The first-order chi connectivity index (χ1) is 9.25. The monoisotopic (exact) mass is 274 g/mol. The van der Waals surface area contributed by atoms with Crippen molar-refractivity contribution in [3.8, 4) is 0 Å². The van der Waals surface area contributed by atoms with Crippen LogP contribution in [0.2, 0.25) is 0 Å². The maximum atomic E-state index is 11.3. The predicted molar refractivity (Wildman–Crippen MR) is 74.8 cm³/mol. The minimum Gasteiger partial charge on any atom is -0.379 e. The molecule has 0 spiro atoms. The molecule has 0 amide bonds. The van der Waals surface area contributed by atoms with E-state index in [1.165, 1.54) is 12.2 Å². The van der Waals surface area contributed by atoms with Crippen LogP contribution in [0.25, 0.3) is 0 Å². The Bertz CT molecular complexity index is 309. The molecular formula is C13H26N2O4. The maximum absolute atomic E-state index is 11.3. The average molecular weight is 274 g/mol. The summed E-state index contributed by atoms with van der Waals surface area (Å²) in [6.07, 6.45) is 3.13. The first kappa shape index (κ1) is 16.0. The fourth-order valence-electron chi connectivity index (χ4n) is 1.68. The van der Waals surface area contributed by atoms with Gasteiger partial charge in [0.1, 0.15) is 0 Å². The van der Waals surface area contributed by atoms with Crippen LogP contribution in [-0.4, -0.2) is 51.1 Å². The van der Waals surface area contributed by atoms with Gasteiger partial charge in [0, 0.05) is 22.5 Å². The van der Waals surface area contributed by atoms with Gasteiger partial charge >= 0.3 is 0 Å². The normalized spacial score (nSPS) is 15.6. The first-order valence-electron chi connectivity index (χ1n) is 6.62. The van der Waals surface area contributed by atoms with E-state index in [9.17, 15) is 9.59 Å². The van der Waals surface area contributed by atoms with E-state index < -0.39 is 5.92 Å². The lowest BCUT2D eigenvalue weighted by Crippen LogP contribution is -2.34. The van der Waals surface area contributed by atoms with Crippen molar-refractivity contribution in [1.29, 1.82) is 0 Å². The molecule has 0 bridgehead atoms. The molecule has 112 valence electrons. The van der Waals surface area contributed by atoms with Crippen molar-refractivity contribution in [3.05, 3.63) is 12.2 Å². The van der Waals surface area contributed by atoms with Gasteiger partial charge in [0.2, 0.25) is 0 Å². The Kier molecular flexibility index (Phi) is 8.24.